The Morgan fingerprint density at radius 2 is 2.06 bits per heavy atom. The summed E-state index contributed by atoms with van der Waals surface area (Å²) < 4.78 is 13.8. The maximum atomic E-state index is 13.8. The first kappa shape index (κ1) is 12.2. The summed E-state index contributed by atoms with van der Waals surface area (Å²) in [5.74, 6) is -0.0937. The smallest absolute Gasteiger partial charge is 0.186 e. The molecule has 2 atom stereocenters. The van der Waals surface area contributed by atoms with Crippen molar-refractivity contribution in [3.63, 3.8) is 0 Å². The van der Waals surface area contributed by atoms with Gasteiger partial charge in [-0.05, 0) is 19.8 Å². The van der Waals surface area contributed by atoms with Crippen LogP contribution >= 0.6 is 0 Å². The standard InChI is InChI=1S/C12H19FN4/c1-8-11(13)12(16-7-15-8)17-10-6-4-2-3-5-9(10)14/h7,9-10H,2-6,14H2,1H3,(H,15,16,17). The maximum Gasteiger partial charge on any atom is 0.186 e. The third-order valence-electron chi connectivity index (χ3n) is 3.36. The number of aromatic nitrogens is 2. The molecule has 94 valence electrons. The number of aryl methyl sites for hydroxylation is 1. The molecule has 0 saturated heterocycles. The Labute approximate surface area is 101 Å². The van der Waals surface area contributed by atoms with Crippen LogP contribution in [0.3, 0.4) is 0 Å². The van der Waals surface area contributed by atoms with Crippen LogP contribution in [0.25, 0.3) is 0 Å². The SMILES string of the molecule is Cc1ncnc(NC2CCCCCC2N)c1F. The number of nitrogens with one attached hydrogen (secondary N) is 1. The van der Waals surface area contributed by atoms with E-state index >= 15 is 0 Å². The number of nitrogens with zero attached hydrogens (tertiary/aromatic N) is 2. The largest absolute Gasteiger partial charge is 0.363 e. The Hall–Kier alpha value is -1.23. The molecule has 2 unspecified atom stereocenters. The highest BCUT2D eigenvalue weighted by Gasteiger charge is 2.22. The highest BCUT2D eigenvalue weighted by Crippen LogP contribution is 2.21. The zero-order chi connectivity index (χ0) is 12.3. The molecule has 1 aromatic heterocycles. The fourth-order valence-electron chi connectivity index (χ4n) is 2.25. The van der Waals surface area contributed by atoms with Crippen molar-refractivity contribution in [2.24, 2.45) is 5.73 Å². The van der Waals surface area contributed by atoms with Crippen molar-refractivity contribution in [1.29, 1.82) is 0 Å². The lowest BCUT2D eigenvalue weighted by Gasteiger charge is -2.23. The lowest BCUT2D eigenvalue weighted by atomic mass is 10.0. The molecule has 17 heavy (non-hydrogen) atoms. The van der Waals surface area contributed by atoms with Gasteiger partial charge in [0.25, 0.3) is 0 Å². The van der Waals surface area contributed by atoms with Gasteiger partial charge in [-0.1, -0.05) is 19.3 Å². The first-order valence-electron chi connectivity index (χ1n) is 6.17. The van der Waals surface area contributed by atoms with Crippen LogP contribution in [-0.2, 0) is 0 Å². The minimum Gasteiger partial charge on any atom is -0.363 e. The highest BCUT2D eigenvalue weighted by atomic mass is 19.1. The number of halogens is 1. The lowest BCUT2D eigenvalue weighted by Crippen LogP contribution is -2.39. The number of anilines is 1. The molecule has 5 heteroatoms. The average Bonchev–Trinajstić information content (AvgIpc) is 2.51. The number of rotatable bonds is 2. The van der Waals surface area contributed by atoms with Gasteiger partial charge in [0.15, 0.2) is 11.6 Å². The molecule has 2 rings (SSSR count). The fraction of sp³-hybridized carbons (Fsp3) is 0.667. The molecule has 0 spiro atoms. The van der Waals surface area contributed by atoms with Gasteiger partial charge in [0.2, 0.25) is 0 Å². The molecule has 0 bridgehead atoms. The summed E-state index contributed by atoms with van der Waals surface area (Å²) in [6.45, 7) is 1.63. The van der Waals surface area contributed by atoms with E-state index < -0.39 is 0 Å². The Morgan fingerprint density at radius 1 is 1.29 bits per heavy atom. The zero-order valence-corrected chi connectivity index (χ0v) is 10.1. The zero-order valence-electron chi connectivity index (χ0n) is 10.1. The molecule has 1 fully saturated rings. The minimum absolute atomic E-state index is 0.0761. The number of nitrogens with two attached hydrogens (primary N) is 1. The van der Waals surface area contributed by atoms with E-state index in [4.69, 9.17) is 5.73 Å². The molecule has 0 radical (unpaired) electrons. The van der Waals surface area contributed by atoms with E-state index in [1.54, 1.807) is 6.92 Å². The molecule has 0 aromatic carbocycles. The van der Waals surface area contributed by atoms with Crippen LogP contribution in [0.15, 0.2) is 6.33 Å². The van der Waals surface area contributed by atoms with Crippen molar-refractivity contribution in [3.8, 4) is 0 Å². The average molecular weight is 238 g/mol. The quantitative estimate of drug-likeness (QED) is 0.773. The third kappa shape index (κ3) is 2.91. The van der Waals surface area contributed by atoms with E-state index in [1.165, 1.54) is 12.7 Å². The van der Waals surface area contributed by atoms with E-state index in [1.807, 2.05) is 0 Å². The Bertz CT molecular complexity index is 383. The topological polar surface area (TPSA) is 63.8 Å². The summed E-state index contributed by atoms with van der Waals surface area (Å²) in [6.07, 6.45) is 6.84. The van der Waals surface area contributed by atoms with Gasteiger partial charge in [0.05, 0.1) is 5.69 Å². The van der Waals surface area contributed by atoms with Crippen molar-refractivity contribution in [1.82, 2.24) is 9.97 Å². The molecular formula is C12H19FN4. The van der Waals surface area contributed by atoms with Gasteiger partial charge in [0.1, 0.15) is 6.33 Å². The van der Waals surface area contributed by atoms with Crippen LogP contribution < -0.4 is 11.1 Å². The second-order valence-electron chi connectivity index (χ2n) is 4.67. The lowest BCUT2D eigenvalue weighted by molar-refractivity contribution is 0.519. The Morgan fingerprint density at radius 3 is 2.88 bits per heavy atom. The molecule has 1 aromatic rings. The van der Waals surface area contributed by atoms with E-state index in [-0.39, 0.29) is 23.7 Å². The van der Waals surface area contributed by atoms with Gasteiger partial charge in [-0.25, -0.2) is 14.4 Å². The van der Waals surface area contributed by atoms with E-state index in [9.17, 15) is 4.39 Å². The van der Waals surface area contributed by atoms with E-state index in [2.05, 4.69) is 15.3 Å². The molecule has 1 saturated carbocycles. The molecule has 0 aliphatic heterocycles. The highest BCUT2D eigenvalue weighted by molar-refractivity contribution is 5.38. The summed E-state index contributed by atoms with van der Waals surface area (Å²) in [6, 6.07) is 0.188. The second-order valence-corrected chi connectivity index (χ2v) is 4.67. The van der Waals surface area contributed by atoms with Gasteiger partial charge in [-0.2, -0.15) is 0 Å². The molecule has 1 aliphatic carbocycles. The molecule has 3 N–H and O–H groups in total. The number of hydrogen-bond donors (Lipinski definition) is 2. The van der Waals surface area contributed by atoms with Crippen LogP contribution in [-0.4, -0.2) is 22.1 Å². The van der Waals surface area contributed by atoms with Crippen molar-refractivity contribution in [3.05, 3.63) is 17.8 Å². The molecule has 1 aliphatic rings. The maximum absolute atomic E-state index is 13.8. The Balaban J connectivity index is 2.10. The van der Waals surface area contributed by atoms with Gasteiger partial charge in [-0.3, -0.25) is 0 Å². The van der Waals surface area contributed by atoms with Crippen LogP contribution in [0.5, 0.6) is 0 Å². The normalized spacial score (nSPS) is 25.4. The predicted octanol–water partition coefficient (Wildman–Crippen LogP) is 2.00. The summed E-state index contributed by atoms with van der Waals surface area (Å²) in [7, 11) is 0. The summed E-state index contributed by atoms with van der Waals surface area (Å²) in [5, 5.41) is 3.13. The van der Waals surface area contributed by atoms with Gasteiger partial charge >= 0.3 is 0 Å². The van der Waals surface area contributed by atoms with E-state index in [0.29, 0.717) is 5.69 Å². The number of hydrogen-bond acceptors (Lipinski definition) is 4. The molecule has 0 amide bonds. The molecule has 4 nitrogen and oxygen atoms in total. The predicted molar refractivity (Wildman–Crippen MR) is 65.2 cm³/mol. The van der Waals surface area contributed by atoms with Crippen LogP contribution in [0, 0.1) is 12.7 Å². The summed E-state index contributed by atoms with van der Waals surface area (Å²) >= 11 is 0. The van der Waals surface area contributed by atoms with Crippen molar-refractivity contribution >= 4 is 5.82 Å². The van der Waals surface area contributed by atoms with E-state index in [0.717, 1.165) is 25.7 Å². The minimum atomic E-state index is -0.371. The summed E-state index contributed by atoms with van der Waals surface area (Å²) in [4.78, 5) is 7.76. The van der Waals surface area contributed by atoms with Crippen molar-refractivity contribution in [2.45, 2.75) is 51.1 Å². The first-order chi connectivity index (χ1) is 8.18. The molecular weight excluding hydrogens is 219 g/mol. The van der Waals surface area contributed by atoms with Crippen molar-refractivity contribution in [2.75, 3.05) is 5.32 Å². The first-order valence-corrected chi connectivity index (χ1v) is 6.17. The van der Waals surface area contributed by atoms with Crippen LogP contribution in [0.2, 0.25) is 0 Å². The fourth-order valence-corrected chi connectivity index (χ4v) is 2.25. The second kappa shape index (κ2) is 5.40. The van der Waals surface area contributed by atoms with Crippen LogP contribution in [0.1, 0.15) is 37.8 Å². The third-order valence-corrected chi connectivity index (χ3v) is 3.36. The molecule has 1 heterocycles. The summed E-state index contributed by atoms with van der Waals surface area (Å²) in [5.41, 5.74) is 6.45. The monoisotopic (exact) mass is 238 g/mol. The van der Waals surface area contributed by atoms with Gasteiger partial charge < -0.3 is 11.1 Å². The van der Waals surface area contributed by atoms with Crippen molar-refractivity contribution < 1.29 is 4.39 Å². The Kier molecular flexibility index (Phi) is 3.89. The van der Waals surface area contributed by atoms with Crippen LogP contribution in [0.4, 0.5) is 10.2 Å². The van der Waals surface area contributed by atoms with Gasteiger partial charge in [0, 0.05) is 12.1 Å². The van der Waals surface area contributed by atoms with Gasteiger partial charge in [-0.15, -0.1) is 0 Å².